The van der Waals surface area contributed by atoms with Crippen LogP contribution in [-0.2, 0) is 11.0 Å². The van der Waals surface area contributed by atoms with Crippen molar-refractivity contribution in [2.24, 2.45) is 11.8 Å². The van der Waals surface area contributed by atoms with Crippen molar-refractivity contribution in [2.75, 3.05) is 31.1 Å². The minimum absolute atomic E-state index is 0.00139. The van der Waals surface area contributed by atoms with Gasteiger partial charge < -0.3 is 15.5 Å². The number of nitrogens with one attached hydrogen (secondary N) is 2. The predicted molar refractivity (Wildman–Crippen MR) is 111 cm³/mol. The van der Waals surface area contributed by atoms with Gasteiger partial charge in [0.1, 0.15) is 0 Å². The molecule has 2 aliphatic rings. The Kier molecular flexibility index (Phi) is 6.00. The molecule has 0 radical (unpaired) electrons. The summed E-state index contributed by atoms with van der Waals surface area (Å²) in [6.07, 6.45) is -3.20. The lowest BCUT2D eigenvalue weighted by atomic mass is 9.90. The smallest absolute Gasteiger partial charge is 0.369 e. The van der Waals surface area contributed by atoms with Crippen LogP contribution in [0.1, 0.15) is 25.3 Å². The number of fused-ring (bicyclic) bond motifs is 1. The molecule has 10 heteroatoms. The fourth-order valence-electron chi connectivity index (χ4n) is 4.64. The van der Waals surface area contributed by atoms with Crippen LogP contribution in [0, 0.1) is 11.8 Å². The van der Waals surface area contributed by atoms with Crippen LogP contribution in [0.2, 0.25) is 0 Å². The first-order chi connectivity index (χ1) is 15.1. The number of carbonyl (C=O) groups excluding carboxylic acids is 1. The van der Waals surface area contributed by atoms with Gasteiger partial charge in [0, 0.05) is 42.7 Å². The number of carbonyl (C=O) groups is 1. The Morgan fingerprint density at radius 1 is 1.28 bits per heavy atom. The number of halogens is 5. The Bertz CT molecular complexity index is 996. The number of nitrogens with zero attached hydrogens (tertiary/aromatic N) is 2. The van der Waals surface area contributed by atoms with E-state index in [4.69, 9.17) is 0 Å². The number of hydrogen-bond donors (Lipinski definition) is 2. The molecule has 4 rings (SSSR count). The molecule has 1 unspecified atom stereocenters. The number of pyridine rings is 1. The van der Waals surface area contributed by atoms with E-state index in [1.807, 2.05) is 11.8 Å². The van der Waals surface area contributed by atoms with Gasteiger partial charge in [-0.15, -0.1) is 0 Å². The second kappa shape index (κ2) is 8.46. The minimum Gasteiger partial charge on any atom is -0.369 e. The zero-order valence-electron chi connectivity index (χ0n) is 17.6. The summed E-state index contributed by atoms with van der Waals surface area (Å²) in [7, 11) is 0. The van der Waals surface area contributed by atoms with Gasteiger partial charge in [-0.2, -0.15) is 13.2 Å². The minimum atomic E-state index is -4.52. The van der Waals surface area contributed by atoms with Crippen LogP contribution in [0.15, 0.2) is 30.5 Å². The normalized spacial score (nSPS) is 25.8. The van der Waals surface area contributed by atoms with Crippen LogP contribution in [0.5, 0.6) is 0 Å². The van der Waals surface area contributed by atoms with E-state index in [0.717, 1.165) is 6.07 Å². The first-order valence-electron chi connectivity index (χ1n) is 10.6. The average molecular weight is 456 g/mol. The lowest BCUT2D eigenvalue weighted by Gasteiger charge is -2.31. The van der Waals surface area contributed by atoms with E-state index < -0.39 is 36.0 Å². The first kappa shape index (κ1) is 22.7. The molecule has 3 heterocycles. The summed E-state index contributed by atoms with van der Waals surface area (Å²) in [5.41, 5.74) is -0.308. The molecule has 2 saturated heterocycles. The van der Waals surface area contributed by atoms with E-state index in [0.29, 0.717) is 30.7 Å². The second-order valence-electron chi connectivity index (χ2n) is 8.71. The molecule has 2 fully saturated rings. The summed E-state index contributed by atoms with van der Waals surface area (Å²) in [5.74, 6) is -4.34. The van der Waals surface area contributed by atoms with E-state index in [-0.39, 0.29) is 30.3 Å². The summed E-state index contributed by atoms with van der Waals surface area (Å²) < 4.78 is 68.2. The summed E-state index contributed by atoms with van der Waals surface area (Å²) >= 11 is 0. The predicted octanol–water partition coefficient (Wildman–Crippen LogP) is 3.83. The Labute approximate surface area is 182 Å². The highest BCUT2D eigenvalue weighted by atomic mass is 19.4. The summed E-state index contributed by atoms with van der Waals surface area (Å²) in [5, 5.41) is 5.90. The molecule has 0 spiro atoms. The highest BCUT2D eigenvalue weighted by Crippen LogP contribution is 2.39. The molecule has 3 atom stereocenters. The summed E-state index contributed by atoms with van der Waals surface area (Å²) in [6, 6.07) is 5.36. The maximum atomic E-state index is 14.0. The molecule has 0 bridgehead atoms. The van der Waals surface area contributed by atoms with Crippen LogP contribution in [0.4, 0.5) is 27.6 Å². The number of benzene rings is 1. The SMILES string of the molecule is C[C@@H]1CN(c2ccc(C(F)(F)F)c3ncccc23)C[C@@H]1NC(=O)CC1CCNCC1(F)F. The molecule has 2 N–H and O–H groups in total. The lowest BCUT2D eigenvalue weighted by Crippen LogP contribution is -2.48. The zero-order valence-corrected chi connectivity index (χ0v) is 17.6. The molecule has 1 aromatic carbocycles. The van der Waals surface area contributed by atoms with Crippen molar-refractivity contribution < 1.29 is 26.7 Å². The highest BCUT2D eigenvalue weighted by molar-refractivity contribution is 5.94. The number of rotatable bonds is 4. The molecule has 1 aromatic heterocycles. The van der Waals surface area contributed by atoms with Gasteiger partial charge in [0.25, 0.3) is 5.92 Å². The molecule has 0 saturated carbocycles. The maximum Gasteiger partial charge on any atom is 0.418 e. The second-order valence-corrected chi connectivity index (χ2v) is 8.71. The molecule has 174 valence electrons. The van der Waals surface area contributed by atoms with Crippen molar-refractivity contribution in [1.29, 1.82) is 0 Å². The number of alkyl halides is 5. The fraction of sp³-hybridized carbons (Fsp3) is 0.545. The molecular weight excluding hydrogens is 431 g/mol. The van der Waals surface area contributed by atoms with Crippen molar-refractivity contribution in [2.45, 2.75) is 37.9 Å². The maximum absolute atomic E-state index is 14.0. The van der Waals surface area contributed by atoms with Gasteiger partial charge in [0.15, 0.2) is 0 Å². The van der Waals surface area contributed by atoms with Crippen molar-refractivity contribution in [1.82, 2.24) is 15.6 Å². The van der Waals surface area contributed by atoms with Crippen molar-refractivity contribution >= 4 is 22.5 Å². The van der Waals surface area contributed by atoms with Gasteiger partial charge in [-0.25, -0.2) is 8.78 Å². The molecular formula is C22H25F5N4O. The molecule has 2 aliphatic heterocycles. The third kappa shape index (κ3) is 4.51. The van der Waals surface area contributed by atoms with Crippen molar-refractivity contribution in [3.63, 3.8) is 0 Å². The van der Waals surface area contributed by atoms with Gasteiger partial charge in [0.05, 0.1) is 23.7 Å². The van der Waals surface area contributed by atoms with E-state index in [1.165, 1.54) is 12.3 Å². The zero-order chi connectivity index (χ0) is 23.1. The molecule has 1 amide bonds. The largest absolute Gasteiger partial charge is 0.418 e. The van der Waals surface area contributed by atoms with E-state index >= 15 is 0 Å². The molecule has 2 aromatic rings. The third-order valence-corrected chi connectivity index (χ3v) is 6.41. The Hall–Kier alpha value is -2.49. The number of anilines is 1. The van der Waals surface area contributed by atoms with Gasteiger partial charge in [-0.1, -0.05) is 6.92 Å². The van der Waals surface area contributed by atoms with Crippen LogP contribution >= 0.6 is 0 Å². The summed E-state index contributed by atoms with van der Waals surface area (Å²) in [4.78, 5) is 18.4. The topological polar surface area (TPSA) is 57.3 Å². The number of aromatic nitrogens is 1. The van der Waals surface area contributed by atoms with Crippen LogP contribution in [0.25, 0.3) is 10.9 Å². The molecule has 32 heavy (non-hydrogen) atoms. The number of hydrogen-bond acceptors (Lipinski definition) is 4. The Morgan fingerprint density at radius 2 is 2.06 bits per heavy atom. The monoisotopic (exact) mass is 456 g/mol. The lowest BCUT2D eigenvalue weighted by molar-refractivity contribution is -0.136. The Balaban J connectivity index is 1.49. The van der Waals surface area contributed by atoms with E-state index in [9.17, 15) is 26.7 Å². The van der Waals surface area contributed by atoms with Gasteiger partial charge >= 0.3 is 6.18 Å². The van der Waals surface area contributed by atoms with Crippen LogP contribution < -0.4 is 15.5 Å². The first-order valence-corrected chi connectivity index (χ1v) is 10.6. The standard InChI is InChI=1S/C22H25F5N4O/c1-13-10-31(11-17(13)30-19(32)9-14-6-8-28-12-21(14,23)24)18-5-4-16(22(25,26)27)20-15(18)3-2-7-29-20/h2-5,7,13-14,17,28H,6,8-12H2,1H3,(H,30,32)/t13-,14?,17+/m1/s1. The quantitative estimate of drug-likeness (QED) is 0.687. The third-order valence-electron chi connectivity index (χ3n) is 6.41. The Morgan fingerprint density at radius 3 is 2.78 bits per heavy atom. The van der Waals surface area contributed by atoms with E-state index in [2.05, 4.69) is 15.6 Å². The van der Waals surface area contributed by atoms with Crippen LogP contribution in [0.3, 0.4) is 0 Å². The van der Waals surface area contributed by atoms with Crippen LogP contribution in [-0.4, -0.2) is 49.0 Å². The summed E-state index contributed by atoms with van der Waals surface area (Å²) in [6.45, 7) is 2.85. The molecule has 0 aliphatic carbocycles. The highest BCUT2D eigenvalue weighted by Gasteiger charge is 2.43. The van der Waals surface area contributed by atoms with Gasteiger partial charge in [0.2, 0.25) is 5.91 Å². The number of amides is 1. The molecule has 5 nitrogen and oxygen atoms in total. The number of piperidine rings is 1. The fourth-order valence-corrected chi connectivity index (χ4v) is 4.64. The van der Waals surface area contributed by atoms with Crippen molar-refractivity contribution in [3.05, 3.63) is 36.0 Å². The van der Waals surface area contributed by atoms with Crippen molar-refractivity contribution in [3.8, 4) is 0 Å². The average Bonchev–Trinajstić information content (AvgIpc) is 3.08. The van der Waals surface area contributed by atoms with Gasteiger partial charge in [-0.05, 0) is 43.1 Å². The van der Waals surface area contributed by atoms with Gasteiger partial charge in [-0.3, -0.25) is 9.78 Å². The van der Waals surface area contributed by atoms with E-state index in [1.54, 1.807) is 12.1 Å².